The van der Waals surface area contributed by atoms with Crippen molar-refractivity contribution < 1.29 is 19.5 Å². The minimum absolute atomic E-state index is 0.185. The van der Waals surface area contributed by atoms with Crippen molar-refractivity contribution >= 4 is 6.47 Å². The van der Waals surface area contributed by atoms with E-state index in [4.69, 9.17) is 15.0 Å². The van der Waals surface area contributed by atoms with E-state index in [1.54, 1.807) is 0 Å². The average Bonchev–Trinajstić information content (AvgIpc) is 1.57. The molecule has 11 heavy (non-hydrogen) atoms. The van der Waals surface area contributed by atoms with Gasteiger partial charge >= 0.3 is 0 Å². The number of hydrogen-bond acceptors (Lipinski definition) is 2. The van der Waals surface area contributed by atoms with Crippen LogP contribution in [-0.2, 0) is 4.79 Å². The van der Waals surface area contributed by atoms with E-state index in [0.717, 1.165) is 11.0 Å². The van der Waals surface area contributed by atoms with Gasteiger partial charge in [-0.15, -0.1) is 0 Å². The van der Waals surface area contributed by atoms with Crippen molar-refractivity contribution in [3.63, 3.8) is 0 Å². The van der Waals surface area contributed by atoms with Crippen LogP contribution in [0.1, 0.15) is 6.92 Å². The molecule has 2 N–H and O–H groups in total. The molecule has 0 spiro atoms. The minimum Gasteiger partial charge on any atom is -0.483 e. The fraction of sp³-hybridized carbons (Fsp3) is 0.857. The van der Waals surface area contributed by atoms with Crippen LogP contribution in [0.15, 0.2) is 0 Å². The van der Waals surface area contributed by atoms with Gasteiger partial charge in [-0.05, 0) is 6.92 Å². The smallest absolute Gasteiger partial charge is 0.290 e. The van der Waals surface area contributed by atoms with Gasteiger partial charge in [-0.25, -0.2) is 0 Å². The third kappa shape index (κ3) is 26.6. The van der Waals surface area contributed by atoms with Crippen molar-refractivity contribution in [1.82, 2.24) is 0 Å². The predicted molar refractivity (Wildman–Crippen MR) is 43.3 cm³/mol. The molecule has 68 valence electrons. The van der Waals surface area contributed by atoms with Crippen LogP contribution in [0.5, 0.6) is 0 Å². The van der Waals surface area contributed by atoms with Crippen LogP contribution in [0.25, 0.3) is 0 Å². The van der Waals surface area contributed by atoms with Crippen molar-refractivity contribution in [2.45, 2.75) is 13.0 Å². The molecule has 1 unspecified atom stereocenters. The van der Waals surface area contributed by atoms with Gasteiger partial charge in [0.05, 0.1) is 21.1 Å². The van der Waals surface area contributed by atoms with E-state index in [2.05, 4.69) is 21.1 Å². The second-order valence-corrected chi connectivity index (χ2v) is 3.43. The molecule has 0 aromatic heterocycles. The molecule has 0 saturated heterocycles. The first-order chi connectivity index (χ1) is 4.83. The molecule has 0 radical (unpaired) electrons. The molecular weight excluding hydrogens is 146 g/mol. The Balaban J connectivity index is 0. The highest BCUT2D eigenvalue weighted by Gasteiger charge is 2.09. The lowest BCUT2D eigenvalue weighted by molar-refractivity contribution is -0.873. The van der Waals surface area contributed by atoms with Crippen molar-refractivity contribution in [3.05, 3.63) is 0 Å². The number of nitrogens with zero attached hydrogens (tertiary/aromatic N) is 1. The molecule has 0 fully saturated rings. The summed E-state index contributed by atoms with van der Waals surface area (Å²) >= 11 is 0. The average molecular weight is 164 g/mol. The standard InChI is InChI=1S/C6H16NO.CH2O2/c1-6(8)5-7(2,3)4;2-1-3/h6,8H,5H2,1-4H3;1H,(H,2,3)/q+1;. The van der Waals surface area contributed by atoms with Crippen molar-refractivity contribution in [3.8, 4) is 0 Å². The van der Waals surface area contributed by atoms with Gasteiger partial charge in [0.1, 0.15) is 12.6 Å². The van der Waals surface area contributed by atoms with E-state index in [1.807, 2.05) is 6.92 Å². The summed E-state index contributed by atoms with van der Waals surface area (Å²) in [5.74, 6) is 0. The molecule has 0 aliphatic rings. The maximum atomic E-state index is 8.87. The highest BCUT2D eigenvalue weighted by molar-refractivity contribution is 5.32. The summed E-state index contributed by atoms with van der Waals surface area (Å²) in [5.41, 5.74) is 0. The van der Waals surface area contributed by atoms with Gasteiger partial charge in [0.15, 0.2) is 0 Å². The van der Waals surface area contributed by atoms with Crippen LogP contribution in [0, 0.1) is 0 Å². The maximum Gasteiger partial charge on any atom is 0.290 e. The van der Waals surface area contributed by atoms with Crippen LogP contribution in [-0.4, -0.2) is 55.0 Å². The van der Waals surface area contributed by atoms with Gasteiger partial charge in [-0.2, -0.15) is 0 Å². The van der Waals surface area contributed by atoms with Gasteiger partial charge in [-0.1, -0.05) is 0 Å². The van der Waals surface area contributed by atoms with Gasteiger partial charge in [0.25, 0.3) is 6.47 Å². The Morgan fingerprint density at radius 2 is 1.73 bits per heavy atom. The molecule has 4 nitrogen and oxygen atoms in total. The van der Waals surface area contributed by atoms with Crippen LogP contribution in [0.3, 0.4) is 0 Å². The van der Waals surface area contributed by atoms with Crippen LogP contribution < -0.4 is 0 Å². The van der Waals surface area contributed by atoms with Gasteiger partial charge < -0.3 is 14.7 Å². The van der Waals surface area contributed by atoms with E-state index in [0.29, 0.717) is 0 Å². The van der Waals surface area contributed by atoms with Crippen molar-refractivity contribution in [2.24, 2.45) is 0 Å². The topological polar surface area (TPSA) is 57.5 Å². The first kappa shape index (κ1) is 13.0. The number of quaternary nitrogens is 1. The number of carbonyl (C=O) groups is 1. The lowest BCUT2D eigenvalue weighted by Gasteiger charge is -2.24. The number of aliphatic hydroxyl groups is 1. The highest BCUT2D eigenvalue weighted by atomic mass is 16.3. The zero-order chi connectivity index (χ0) is 9.49. The minimum atomic E-state index is -0.250. The number of hydrogen-bond donors (Lipinski definition) is 2. The molecule has 0 saturated carbocycles. The SMILES string of the molecule is CC(O)C[N+](C)(C)C.O=CO. The fourth-order valence-corrected chi connectivity index (χ4v) is 0.793. The fourth-order valence-electron chi connectivity index (χ4n) is 0.793. The molecular formula is C7H18NO3+. The van der Waals surface area contributed by atoms with E-state index in [-0.39, 0.29) is 12.6 Å². The molecule has 0 amide bonds. The third-order valence-corrected chi connectivity index (χ3v) is 0.812. The zero-order valence-corrected chi connectivity index (χ0v) is 7.61. The Hall–Kier alpha value is -0.610. The first-order valence-corrected chi connectivity index (χ1v) is 3.40. The number of carboxylic acid groups (broad SMARTS) is 1. The van der Waals surface area contributed by atoms with Crippen molar-refractivity contribution in [2.75, 3.05) is 27.7 Å². The summed E-state index contributed by atoms with van der Waals surface area (Å²) < 4.78 is 0.831. The number of likely N-dealkylation sites (N-methyl/N-ethyl adjacent to an activating group) is 1. The lowest BCUT2D eigenvalue weighted by Crippen LogP contribution is -2.40. The Morgan fingerprint density at radius 3 is 1.73 bits per heavy atom. The molecule has 1 atom stereocenters. The van der Waals surface area contributed by atoms with Gasteiger partial charge in [0.2, 0.25) is 0 Å². The highest BCUT2D eigenvalue weighted by Crippen LogP contribution is 1.92. The van der Waals surface area contributed by atoms with E-state index >= 15 is 0 Å². The Bertz CT molecular complexity index is 96.3. The molecule has 4 heteroatoms. The second kappa shape index (κ2) is 6.12. The monoisotopic (exact) mass is 164 g/mol. The van der Waals surface area contributed by atoms with Crippen LogP contribution >= 0.6 is 0 Å². The molecule has 0 aromatic rings. The zero-order valence-electron chi connectivity index (χ0n) is 7.61. The second-order valence-electron chi connectivity index (χ2n) is 3.43. The lowest BCUT2D eigenvalue weighted by atomic mass is 10.3. The normalized spacial score (nSPS) is 12.8. The molecule has 0 aliphatic carbocycles. The molecule has 0 aliphatic heterocycles. The summed E-state index contributed by atoms with van der Waals surface area (Å²) in [6, 6.07) is 0. The summed E-state index contributed by atoms with van der Waals surface area (Å²) in [6.45, 7) is 2.38. The van der Waals surface area contributed by atoms with E-state index < -0.39 is 0 Å². The summed E-state index contributed by atoms with van der Waals surface area (Å²) in [7, 11) is 6.19. The number of rotatable bonds is 2. The largest absolute Gasteiger partial charge is 0.483 e. The molecule has 0 bridgehead atoms. The summed E-state index contributed by atoms with van der Waals surface area (Å²) in [5, 5.41) is 15.8. The van der Waals surface area contributed by atoms with Gasteiger partial charge in [0, 0.05) is 0 Å². The molecule has 0 heterocycles. The predicted octanol–water partition coefficient (Wildman–Crippen LogP) is -0.226. The third-order valence-electron chi connectivity index (χ3n) is 0.812. The Kier molecular flexibility index (Phi) is 7.24. The Morgan fingerprint density at radius 1 is 1.45 bits per heavy atom. The quantitative estimate of drug-likeness (QED) is 0.438. The first-order valence-electron chi connectivity index (χ1n) is 3.40. The molecule has 0 aromatic carbocycles. The Labute approximate surface area is 67.7 Å². The van der Waals surface area contributed by atoms with Crippen LogP contribution in [0.2, 0.25) is 0 Å². The van der Waals surface area contributed by atoms with E-state index in [9.17, 15) is 0 Å². The van der Waals surface area contributed by atoms with Gasteiger partial charge in [-0.3, -0.25) is 4.79 Å². The van der Waals surface area contributed by atoms with Crippen molar-refractivity contribution in [1.29, 1.82) is 0 Å². The summed E-state index contributed by atoms with van der Waals surface area (Å²) in [4.78, 5) is 8.36. The van der Waals surface area contributed by atoms with E-state index in [1.165, 1.54) is 0 Å². The number of aliphatic hydroxyl groups excluding tert-OH is 1. The maximum absolute atomic E-state index is 8.87. The van der Waals surface area contributed by atoms with Crippen LogP contribution in [0.4, 0.5) is 0 Å². The summed E-state index contributed by atoms with van der Waals surface area (Å²) in [6.07, 6.45) is -0.185. The molecule has 0 rings (SSSR count).